The van der Waals surface area contributed by atoms with E-state index in [4.69, 9.17) is 5.73 Å². The molecule has 0 amide bonds. The van der Waals surface area contributed by atoms with E-state index in [-0.39, 0.29) is 17.1 Å². The molecule has 0 bridgehead atoms. The van der Waals surface area contributed by atoms with Crippen molar-refractivity contribution in [2.75, 3.05) is 24.3 Å². The number of sulfonamides is 1. The number of anilines is 1. The highest BCUT2D eigenvalue weighted by atomic mass is 32.2. The van der Waals surface area contributed by atoms with Gasteiger partial charge in [-0.2, -0.15) is 0 Å². The second-order valence-electron chi connectivity index (χ2n) is 4.17. The van der Waals surface area contributed by atoms with Crippen molar-refractivity contribution in [3.8, 4) is 0 Å². The monoisotopic (exact) mass is 308 g/mol. The summed E-state index contributed by atoms with van der Waals surface area (Å²) in [6.07, 6.45) is 2.03. The van der Waals surface area contributed by atoms with E-state index in [2.05, 4.69) is 4.72 Å². The number of nitrogens with one attached hydrogen (secondary N) is 1. The van der Waals surface area contributed by atoms with Gasteiger partial charge in [0.15, 0.2) is 0 Å². The predicted molar refractivity (Wildman–Crippen MR) is 74.3 cm³/mol. The van der Waals surface area contributed by atoms with E-state index in [9.17, 15) is 17.0 Å². The Hall–Kier alpha value is -0.990. The van der Waals surface area contributed by atoms with Crippen LogP contribution in [-0.2, 0) is 20.8 Å². The molecule has 0 heterocycles. The molecule has 1 unspecified atom stereocenters. The predicted octanol–water partition coefficient (Wildman–Crippen LogP) is 0.763. The van der Waals surface area contributed by atoms with Gasteiger partial charge < -0.3 is 5.73 Å². The number of nitrogen functional groups attached to an aromatic ring is 1. The van der Waals surface area contributed by atoms with E-state index < -0.39 is 26.6 Å². The van der Waals surface area contributed by atoms with Gasteiger partial charge in [-0.15, -0.1) is 0 Å². The molecule has 19 heavy (non-hydrogen) atoms. The zero-order valence-electron chi connectivity index (χ0n) is 10.8. The first-order chi connectivity index (χ1) is 8.74. The Bertz CT molecular complexity index is 588. The van der Waals surface area contributed by atoms with E-state index >= 15 is 0 Å². The zero-order valence-corrected chi connectivity index (χ0v) is 12.4. The second kappa shape index (κ2) is 6.44. The lowest BCUT2D eigenvalue weighted by atomic mass is 10.2. The maximum atomic E-state index is 13.2. The van der Waals surface area contributed by atoms with Crippen LogP contribution < -0.4 is 10.5 Å². The van der Waals surface area contributed by atoms with Crippen molar-refractivity contribution in [1.29, 1.82) is 0 Å². The summed E-state index contributed by atoms with van der Waals surface area (Å²) in [5.41, 5.74) is 5.46. The molecule has 0 radical (unpaired) electrons. The molecular weight excluding hydrogens is 291 g/mol. The summed E-state index contributed by atoms with van der Waals surface area (Å²) < 4.78 is 50.4. The maximum absolute atomic E-state index is 13.2. The molecule has 0 aliphatic carbocycles. The average molecular weight is 308 g/mol. The van der Waals surface area contributed by atoms with Crippen LogP contribution in [0.15, 0.2) is 17.0 Å². The highest BCUT2D eigenvalue weighted by Gasteiger charge is 2.18. The van der Waals surface area contributed by atoms with Gasteiger partial charge in [-0.3, -0.25) is 4.21 Å². The summed E-state index contributed by atoms with van der Waals surface area (Å²) in [4.78, 5) is -0.0379. The Balaban J connectivity index is 2.83. The first-order valence-corrected chi connectivity index (χ1v) is 8.80. The van der Waals surface area contributed by atoms with Crippen LogP contribution >= 0.6 is 0 Å². The Morgan fingerprint density at radius 1 is 1.42 bits per heavy atom. The van der Waals surface area contributed by atoms with Gasteiger partial charge in [0.1, 0.15) is 5.82 Å². The first-order valence-electron chi connectivity index (χ1n) is 5.59. The van der Waals surface area contributed by atoms with E-state index in [1.54, 1.807) is 6.26 Å². The Labute approximate surface area is 114 Å². The molecule has 0 saturated heterocycles. The van der Waals surface area contributed by atoms with Crippen LogP contribution in [0.2, 0.25) is 0 Å². The maximum Gasteiger partial charge on any atom is 0.240 e. The van der Waals surface area contributed by atoms with Crippen molar-refractivity contribution in [3.05, 3.63) is 23.5 Å². The van der Waals surface area contributed by atoms with Crippen molar-refractivity contribution < 1.29 is 17.0 Å². The van der Waals surface area contributed by atoms with Crippen molar-refractivity contribution in [2.45, 2.75) is 18.2 Å². The third-order valence-corrected chi connectivity index (χ3v) is 4.95. The molecule has 0 saturated carbocycles. The minimum absolute atomic E-state index is 0.0379. The number of benzene rings is 1. The molecule has 0 fully saturated rings. The number of halogens is 1. The van der Waals surface area contributed by atoms with E-state index in [0.717, 1.165) is 12.1 Å². The molecule has 0 aliphatic heterocycles. The lowest BCUT2D eigenvalue weighted by Crippen LogP contribution is -2.26. The molecule has 0 aliphatic rings. The number of hydrogen-bond donors (Lipinski definition) is 2. The lowest BCUT2D eigenvalue weighted by Gasteiger charge is -2.10. The first kappa shape index (κ1) is 16.1. The average Bonchev–Trinajstić information content (AvgIpc) is 2.29. The van der Waals surface area contributed by atoms with Crippen molar-refractivity contribution in [2.24, 2.45) is 0 Å². The number of nitrogens with two attached hydrogens (primary N) is 1. The van der Waals surface area contributed by atoms with Crippen LogP contribution in [0.5, 0.6) is 0 Å². The summed E-state index contributed by atoms with van der Waals surface area (Å²) >= 11 is 0. The van der Waals surface area contributed by atoms with Crippen LogP contribution in [0.25, 0.3) is 0 Å². The van der Waals surface area contributed by atoms with E-state index in [1.807, 2.05) is 0 Å². The SMILES string of the molecule is Cc1cc(F)c(N)cc1S(=O)(=O)NCCCS(C)=O. The van der Waals surface area contributed by atoms with Gasteiger partial charge >= 0.3 is 0 Å². The second-order valence-corrected chi connectivity index (χ2v) is 7.46. The van der Waals surface area contributed by atoms with Gasteiger partial charge in [0.2, 0.25) is 10.0 Å². The van der Waals surface area contributed by atoms with Gasteiger partial charge in [0.05, 0.1) is 10.6 Å². The fourth-order valence-corrected chi connectivity index (χ4v) is 3.40. The quantitative estimate of drug-likeness (QED) is 0.600. The molecule has 1 atom stereocenters. The Morgan fingerprint density at radius 2 is 2.05 bits per heavy atom. The minimum atomic E-state index is -3.72. The third-order valence-electron chi connectivity index (χ3n) is 2.48. The molecule has 1 rings (SSSR count). The number of aryl methyl sites for hydroxylation is 1. The van der Waals surface area contributed by atoms with Crippen LogP contribution in [0.1, 0.15) is 12.0 Å². The summed E-state index contributed by atoms with van der Waals surface area (Å²) in [6.45, 7) is 1.68. The van der Waals surface area contributed by atoms with Gasteiger partial charge in [-0.25, -0.2) is 17.5 Å². The van der Waals surface area contributed by atoms with Gasteiger partial charge in [0.25, 0.3) is 0 Å². The molecular formula is C11H17FN2O3S2. The molecule has 108 valence electrons. The summed E-state index contributed by atoms with van der Waals surface area (Å²) in [6, 6.07) is 2.19. The van der Waals surface area contributed by atoms with Gasteiger partial charge in [-0.1, -0.05) is 0 Å². The topological polar surface area (TPSA) is 89.3 Å². The Kier molecular flexibility index (Phi) is 5.45. The van der Waals surface area contributed by atoms with Crippen LogP contribution in [0.3, 0.4) is 0 Å². The van der Waals surface area contributed by atoms with Crippen molar-refractivity contribution in [1.82, 2.24) is 4.72 Å². The molecule has 1 aromatic rings. The Morgan fingerprint density at radius 3 is 2.63 bits per heavy atom. The van der Waals surface area contributed by atoms with Gasteiger partial charge in [-0.05, 0) is 31.0 Å². The summed E-state index contributed by atoms with van der Waals surface area (Å²) in [5.74, 6) is -0.217. The molecule has 5 nitrogen and oxygen atoms in total. The fraction of sp³-hybridized carbons (Fsp3) is 0.455. The smallest absolute Gasteiger partial charge is 0.240 e. The van der Waals surface area contributed by atoms with Crippen LogP contribution in [0, 0.1) is 12.7 Å². The standard InChI is InChI=1S/C11H17FN2O3S2/c1-8-6-9(12)10(13)7-11(8)19(16,17)14-4-3-5-18(2)15/h6-7,14H,3-5,13H2,1-2H3. The highest BCUT2D eigenvalue weighted by molar-refractivity contribution is 7.89. The molecule has 1 aromatic carbocycles. The lowest BCUT2D eigenvalue weighted by molar-refractivity contribution is 0.579. The fourth-order valence-electron chi connectivity index (χ4n) is 1.52. The van der Waals surface area contributed by atoms with E-state index in [0.29, 0.717) is 17.7 Å². The summed E-state index contributed by atoms with van der Waals surface area (Å²) in [5, 5.41) is 0. The van der Waals surface area contributed by atoms with Crippen molar-refractivity contribution in [3.63, 3.8) is 0 Å². The normalized spacial score (nSPS) is 13.4. The molecule has 0 aromatic heterocycles. The minimum Gasteiger partial charge on any atom is -0.396 e. The number of rotatable bonds is 6. The zero-order chi connectivity index (χ0) is 14.6. The van der Waals surface area contributed by atoms with Crippen molar-refractivity contribution >= 4 is 26.5 Å². The molecule has 8 heteroatoms. The molecule has 3 N–H and O–H groups in total. The van der Waals surface area contributed by atoms with Crippen LogP contribution in [0.4, 0.5) is 10.1 Å². The molecule has 0 spiro atoms. The van der Waals surface area contributed by atoms with Gasteiger partial charge in [0, 0.05) is 29.4 Å². The van der Waals surface area contributed by atoms with Crippen LogP contribution in [-0.4, -0.2) is 31.2 Å². The largest absolute Gasteiger partial charge is 0.396 e. The third kappa shape index (κ3) is 4.55. The van der Waals surface area contributed by atoms with E-state index in [1.165, 1.54) is 6.92 Å². The summed E-state index contributed by atoms with van der Waals surface area (Å²) in [7, 11) is -4.68. The highest BCUT2D eigenvalue weighted by Crippen LogP contribution is 2.21. The number of hydrogen-bond acceptors (Lipinski definition) is 4.